The predicted octanol–water partition coefficient (Wildman–Crippen LogP) is 12.0. The first kappa shape index (κ1) is 34.9. The molecule has 0 N–H and O–H groups in total. The fourth-order valence-electron chi connectivity index (χ4n) is 10.7. The van der Waals surface area contributed by atoms with Gasteiger partial charge >= 0.3 is 21.1 Å². The van der Waals surface area contributed by atoms with Gasteiger partial charge in [-0.25, -0.2) is 21.1 Å². The van der Waals surface area contributed by atoms with Crippen LogP contribution in [0.4, 0.5) is 0 Å². The normalized spacial score (nSPS) is 18.4. The van der Waals surface area contributed by atoms with Crippen LogP contribution in [-0.4, -0.2) is 15.0 Å². The van der Waals surface area contributed by atoms with Gasteiger partial charge in [0.2, 0.25) is 11.6 Å². The van der Waals surface area contributed by atoms with Crippen molar-refractivity contribution in [2.24, 2.45) is 10.8 Å². The summed E-state index contributed by atoms with van der Waals surface area (Å²) in [6, 6.07) is 38.7. The predicted molar refractivity (Wildman–Crippen MR) is 213 cm³/mol. The Kier molecular flexibility index (Phi) is 8.78. The van der Waals surface area contributed by atoms with Gasteiger partial charge < -0.3 is 9.15 Å². The van der Waals surface area contributed by atoms with Crippen molar-refractivity contribution >= 4 is 22.1 Å². The Bertz CT molecular complexity index is 2530. The average Bonchev–Trinajstić information content (AvgIpc) is 3.88. The molecule has 6 heteroatoms. The summed E-state index contributed by atoms with van der Waals surface area (Å²) in [5.74, 6) is 1.74. The Morgan fingerprint density at radius 1 is 0.709 bits per heavy atom. The molecule has 0 radical (unpaired) electrons. The van der Waals surface area contributed by atoms with Crippen molar-refractivity contribution in [1.82, 2.24) is 15.0 Å². The summed E-state index contributed by atoms with van der Waals surface area (Å²) in [4.78, 5) is 14.9. The van der Waals surface area contributed by atoms with E-state index in [1.165, 1.54) is 85.7 Å². The van der Waals surface area contributed by atoms with E-state index in [0.717, 1.165) is 64.6 Å². The minimum atomic E-state index is 0. The van der Waals surface area contributed by atoms with Crippen LogP contribution >= 0.6 is 0 Å². The topological polar surface area (TPSA) is 61.0 Å². The molecule has 0 aliphatic heterocycles. The fraction of sp³-hybridized carbons (Fsp3) is 0.327. The van der Waals surface area contributed by atoms with Gasteiger partial charge in [0.1, 0.15) is 11.3 Å². The molecule has 4 heterocycles. The van der Waals surface area contributed by atoms with E-state index in [1.54, 1.807) is 6.20 Å². The molecule has 2 spiro atoms. The number of furan rings is 1. The second kappa shape index (κ2) is 13.9. The maximum absolute atomic E-state index is 6.39. The third kappa shape index (κ3) is 6.33. The number of pyridine rings is 3. The zero-order valence-corrected chi connectivity index (χ0v) is 33.3. The average molecular weight is 901 g/mol. The third-order valence-corrected chi connectivity index (χ3v) is 13.4. The van der Waals surface area contributed by atoms with Crippen molar-refractivity contribution in [3.05, 3.63) is 137 Å². The van der Waals surface area contributed by atoms with E-state index in [4.69, 9.17) is 24.1 Å². The number of fused-ring (bicyclic) bond motifs is 5. The van der Waals surface area contributed by atoms with Crippen LogP contribution in [-0.2, 0) is 46.7 Å². The monoisotopic (exact) mass is 900 g/mol. The number of benzene rings is 3. The van der Waals surface area contributed by atoms with Crippen LogP contribution in [0.5, 0.6) is 11.6 Å². The molecule has 276 valence electrons. The Labute approximate surface area is 337 Å². The molecule has 11 rings (SSSR count). The maximum atomic E-state index is 6.39. The van der Waals surface area contributed by atoms with Crippen molar-refractivity contribution < 1.29 is 30.2 Å². The molecule has 0 saturated heterocycles. The van der Waals surface area contributed by atoms with Crippen molar-refractivity contribution in [2.75, 3.05) is 0 Å². The standard InChI is InChI=1S/C49H43N3O2.Pt/c1-4-20-48(21-5-1)22-17-32(18-23-48)33-11-6-12-34(25-33)35-13-7-14-39(26-35)53-44-16-8-15-41(51-44)46-45-40-27-38-30-49(28-36-9-2-3-10-37(36)29-49)31-42(38)52-47(40)54-43(45)19-24-50-46;/h2-3,6-11,13-16,19,24-25,27,32H,1,4-5,17-18,20-23,28-31H2;/q-2;+2. The van der Waals surface area contributed by atoms with Crippen LogP contribution in [0.2, 0.25) is 0 Å². The number of rotatable bonds is 5. The second-order valence-electron chi connectivity index (χ2n) is 16.8. The van der Waals surface area contributed by atoms with E-state index in [-0.39, 0.29) is 26.5 Å². The van der Waals surface area contributed by atoms with Crippen LogP contribution in [0.3, 0.4) is 0 Å². The zero-order chi connectivity index (χ0) is 35.7. The molecular formula is C49H43N3O2Pt. The van der Waals surface area contributed by atoms with Crippen LogP contribution < -0.4 is 4.74 Å². The first-order chi connectivity index (χ1) is 26.6. The summed E-state index contributed by atoms with van der Waals surface area (Å²) in [5, 5.41) is 1.94. The molecule has 7 aromatic rings. The van der Waals surface area contributed by atoms with E-state index in [9.17, 15) is 0 Å². The number of ether oxygens (including phenoxy) is 1. The van der Waals surface area contributed by atoms with E-state index >= 15 is 0 Å². The van der Waals surface area contributed by atoms with Gasteiger partial charge in [-0.1, -0.05) is 49.6 Å². The molecule has 0 atom stereocenters. The van der Waals surface area contributed by atoms with Crippen molar-refractivity contribution in [3.8, 4) is 34.1 Å². The van der Waals surface area contributed by atoms with Crippen LogP contribution in [0.1, 0.15) is 91.7 Å². The molecule has 4 aromatic heterocycles. The quantitative estimate of drug-likeness (QED) is 0.161. The van der Waals surface area contributed by atoms with Gasteiger partial charge in [0.15, 0.2) is 0 Å². The van der Waals surface area contributed by atoms with Gasteiger partial charge in [0.05, 0.1) is 16.5 Å². The number of nitrogens with zero attached hydrogens (tertiary/aromatic N) is 3. The third-order valence-electron chi connectivity index (χ3n) is 13.4. The molecule has 3 aromatic carbocycles. The molecule has 4 aliphatic rings. The molecule has 4 aliphatic carbocycles. The van der Waals surface area contributed by atoms with Crippen LogP contribution in [0.25, 0.3) is 44.6 Å². The van der Waals surface area contributed by atoms with Gasteiger partial charge in [-0.2, -0.15) is 30.3 Å². The van der Waals surface area contributed by atoms with Gasteiger partial charge in [-0.05, 0) is 116 Å². The summed E-state index contributed by atoms with van der Waals surface area (Å²) in [5.41, 5.74) is 12.7. The fourth-order valence-corrected chi connectivity index (χ4v) is 10.7. The Hall–Kier alpha value is -4.60. The minimum Gasteiger partial charge on any atom is -0.460 e. The summed E-state index contributed by atoms with van der Waals surface area (Å²) in [7, 11) is 0. The first-order valence-electron chi connectivity index (χ1n) is 20.0. The van der Waals surface area contributed by atoms with Gasteiger partial charge in [0.25, 0.3) is 0 Å². The summed E-state index contributed by atoms with van der Waals surface area (Å²) >= 11 is 0. The largest absolute Gasteiger partial charge is 2.00 e. The van der Waals surface area contributed by atoms with Gasteiger partial charge in [-0.15, -0.1) is 23.8 Å². The molecule has 0 bridgehead atoms. The number of aromatic nitrogens is 3. The molecular weight excluding hydrogens is 858 g/mol. The van der Waals surface area contributed by atoms with E-state index in [0.29, 0.717) is 28.7 Å². The van der Waals surface area contributed by atoms with Crippen molar-refractivity contribution in [1.29, 1.82) is 0 Å². The Morgan fingerprint density at radius 2 is 1.51 bits per heavy atom. The van der Waals surface area contributed by atoms with Crippen molar-refractivity contribution in [3.63, 3.8) is 0 Å². The minimum absolute atomic E-state index is 0. The van der Waals surface area contributed by atoms with Crippen LogP contribution in [0.15, 0.2) is 102 Å². The Morgan fingerprint density at radius 3 is 2.35 bits per heavy atom. The number of hydrogen-bond donors (Lipinski definition) is 0. The SMILES string of the molecule is [Pt+2].[c-]1c(Oc2cccc(-c3nccc4oc5nc6c(cc5c34)CC3(Cc4ccccc4C3)C6)n2)cccc1-c1[c-]ccc(C2CCC3(CCCCC3)CC2)c1. The van der Waals surface area contributed by atoms with Crippen LogP contribution in [0, 0.1) is 23.0 Å². The molecule has 0 unspecified atom stereocenters. The molecule has 2 saturated carbocycles. The molecule has 5 nitrogen and oxygen atoms in total. The summed E-state index contributed by atoms with van der Waals surface area (Å²) < 4.78 is 12.8. The van der Waals surface area contributed by atoms with Gasteiger partial charge in [-0.3, -0.25) is 4.98 Å². The summed E-state index contributed by atoms with van der Waals surface area (Å²) in [6.45, 7) is 0. The van der Waals surface area contributed by atoms with Gasteiger partial charge in [0, 0.05) is 23.7 Å². The zero-order valence-electron chi connectivity index (χ0n) is 31.0. The van der Waals surface area contributed by atoms with E-state index < -0.39 is 0 Å². The van der Waals surface area contributed by atoms with E-state index in [1.807, 2.05) is 36.4 Å². The molecule has 2 fully saturated rings. The van der Waals surface area contributed by atoms with E-state index in [2.05, 4.69) is 66.7 Å². The smallest absolute Gasteiger partial charge is 0.460 e. The molecule has 0 amide bonds. The molecule has 55 heavy (non-hydrogen) atoms. The maximum Gasteiger partial charge on any atom is 2.00 e. The number of hydrogen-bond acceptors (Lipinski definition) is 5. The summed E-state index contributed by atoms with van der Waals surface area (Å²) in [6.07, 6.45) is 18.5. The van der Waals surface area contributed by atoms with Crippen molar-refractivity contribution in [2.45, 2.75) is 89.4 Å². The Balaban J connectivity index is 0.00000372. The second-order valence-corrected chi connectivity index (χ2v) is 16.8. The first-order valence-corrected chi connectivity index (χ1v) is 20.0.